The lowest BCUT2D eigenvalue weighted by atomic mass is 10.1. The van der Waals surface area contributed by atoms with Gasteiger partial charge in [-0.3, -0.25) is 14.2 Å². The summed E-state index contributed by atoms with van der Waals surface area (Å²) in [5.74, 6) is 2.18. The summed E-state index contributed by atoms with van der Waals surface area (Å²) in [6.45, 7) is 4.08. The molecule has 24 heavy (non-hydrogen) atoms. The van der Waals surface area contributed by atoms with Crippen molar-refractivity contribution in [1.29, 1.82) is 0 Å². The number of nitrogens with zero attached hydrogens (tertiary/aromatic N) is 4. The molecule has 0 saturated carbocycles. The zero-order chi connectivity index (χ0) is 16.7. The Labute approximate surface area is 144 Å². The van der Waals surface area contributed by atoms with Crippen LogP contribution >= 0.6 is 0 Å². The fraction of sp³-hybridized carbons (Fsp3) is 0.412. The molecule has 4 rings (SSSR count). The van der Waals surface area contributed by atoms with Crippen LogP contribution in [0.2, 0.25) is 0 Å². The van der Waals surface area contributed by atoms with E-state index in [-0.39, 0.29) is 5.37 Å². The van der Waals surface area contributed by atoms with E-state index in [2.05, 4.69) is 17.9 Å². The van der Waals surface area contributed by atoms with Gasteiger partial charge in [-0.15, -0.1) is 0 Å². The molecular weight excluding hydrogens is 324 g/mol. The summed E-state index contributed by atoms with van der Waals surface area (Å²) in [7, 11) is 0.726. The molecule has 0 saturated heterocycles. The maximum Gasteiger partial charge on any atom is 0.177 e. The topological polar surface area (TPSA) is 57.5 Å². The average molecular weight is 344 g/mol. The Morgan fingerprint density at radius 1 is 1.38 bits per heavy atom. The van der Waals surface area contributed by atoms with Gasteiger partial charge in [0.05, 0.1) is 24.5 Å². The van der Waals surface area contributed by atoms with Gasteiger partial charge in [-0.05, 0) is 24.6 Å². The minimum Gasteiger partial charge on any atom is -0.496 e. The third-order valence-electron chi connectivity index (χ3n) is 4.54. The van der Waals surface area contributed by atoms with E-state index in [0.717, 1.165) is 35.0 Å². The maximum absolute atomic E-state index is 12.5. The molecule has 3 aliphatic rings. The van der Waals surface area contributed by atoms with E-state index in [9.17, 15) is 4.21 Å². The Bertz CT molecular complexity index is 787. The fourth-order valence-corrected chi connectivity index (χ4v) is 4.85. The molecule has 2 unspecified atom stereocenters. The zero-order valence-electron chi connectivity index (χ0n) is 13.8. The number of benzene rings is 1. The van der Waals surface area contributed by atoms with Gasteiger partial charge in [0.1, 0.15) is 23.5 Å². The number of methoxy groups -OCH3 is 1. The highest BCUT2D eigenvalue weighted by molar-refractivity contribution is 7.86. The van der Waals surface area contributed by atoms with Crippen LogP contribution < -0.4 is 4.74 Å². The van der Waals surface area contributed by atoms with E-state index < -0.39 is 10.8 Å². The molecule has 1 aromatic carbocycles. The first-order valence-corrected chi connectivity index (χ1v) is 9.45. The Morgan fingerprint density at radius 3 is 3.00 bits per heavy atom. The molecule has 0 radical (unpaired) electrons. The molecule has 2 atom stereocenters. The third-order valence-corrected chi connectivity index (χ3v) is 6.09. The molecule has 0 spiro atoms. The number of ether oxygens (including phenoxy) is 1. The Kier molecular flexibility index (Phi) is 3.88. The number of amidine groups is 1. The summed E-state index contributed by atoms with van der Waals surface area (Å²) in [6, 6.07) is 7.84. The van der Waals surface area contributed by atoms with Crippen molar-refractivity contribution in [3.05, 3.63) is 41.5 Å². The predicted octanol–water partition coefficient (Wildman–Crippen LogP) is 1.42. The Morgan fingerprint density at radius 2 is 2.21 bits per heavy atom. The van der Waals surface area contributed by atoms with Crippen LogP contribution in [0.4, 0.5) is 0 Å². The van der Waals surface area contributed by atoms with Crippen molar-refractivity contribution >= 4 is 22.3 Å². The second-order valence-electron chi connectivity index (χ2n) is 5.90. The quantitative estimate of drug-likeness (QED) is 0.778. The SMILES string of the molecule is CCN1CN2C(=N1)C(c1ccccc1OC)=NCC1=CCS(=O)C12. The molecule has 1 aromatic rings. The van der Waals surface area contributed by atoms with Gasteiger partial charge in [-0.2, -0.15) is 5.10 Å². The van der Waals surface area contributed by atoms with E-state index in [0.29, 0.717) is 19.0 Å². The largest absolute Gasteiger partial charge is 0.496 e. The Hall–Kier alpha value is -2.15. The lowest BCUT2D eigenvalue weighted by molar-refractivity contribution is 0.244. The minimum absolute atomic E-state index is 0.115. The number of hydrogen-bond donors (Lipinski definition) is 0. The summed E-state index contributed by atoms with van der Waals surface area (Å²) in [5, 5.41) is 6.61. The fourth-order valence-electron chi connectivity index (χ4n) is 3.33. The molecule has 0 bridgehead atoms. The van der Waals surface area contributed by atoms with Crippen LogP contribution in [-0.2, 0) is 10.8 Å². The van der Waals surface area contributed by atoms with Crippen molar-refractivity contribution in [2.75, 3.05) is 32.6 Å². The van der Waals surface area contributed by atoms with Gasteiger partial charge in [0.2, 0.25) is 0 Å². The maximum atomic E-state index is 12.5. The molecular formula is C17H20N4O2S. The molecule has 126 valence electrons. The highest BCUT2D eigenvalue weighted by Crippen LogP contribution is 2.31. The minimum atomic E-state index is -0.935. The zero-order valence-corrected chi connectivity index (χ0v) is 14.6. The lowest BCUT2D eigenvalue weighted by Crippen LogP contribution is -2.44. The summed E-state index contributed by atoms with van der Waals surface area (Å²) in [5.41, 5.74) is 2.87. The average Bonchev–Trinajstić information content (AvgIpc) is 3.15. The number of rotatable bonds is 3. The molecule has 0 aliphatic carbocycles. The number of aliphatic imine (C=N–C) groups is 1. The van der Waals surface area contributed by atoms with Crippen molar-refractivity contribution in [2.45, 2.75) is 12.3 Å². The number of hydrogen-bond acceptors (Lipinski definition) is 6. The van der Waals surface area contributed by atoms with Crippen LogP contribution in [0.25, 0.3) is 0 Å². The predicted molar refractivity (Wildman–Crippen MR) is 95.8 cm³/mol. The van der Waals surface area contributed by atoms with Crippen LogP contribution in [0.3, 0.4) is 0 Å². The van der Waals surface area contributed by atoms with Crippen LogP contribution in [-0.4, -0.2) is 63.7 Å². The van der Waals surface area contributed by atoms with E-state index in [1.807, 2.05) is 29.3 Å². The molecule has 7 heteroatoms. The second kappa shape index (κ2) is 6.05. The van der Waals surface area contributed by atoms with Crippen molar-refractivity contribution in [1.82, 2.24) is 9.91 Å². The molecule has 3 aliphatic heterocycles. The van der Waals surface area contributed by atoms with Crippen LogP contribution in [0.1, 0.15) is 12.5 Å². The van der Waals surface area contributed by atoms with Crippen molar-refractivity contribution in [2.24, 2.45) is 10.1 Å². The first-order chi connectivity index (χ1) is 11.7. The van der Waals surface area contributed by atoms with Gasteiger partial charge in [-0.1, -0.05) is 18.2 Å². The first kappa shape index (κ1) is 15.4. The number of para-hydroxylation sites is 1. The van der Waals surface area contributed by atoms with Crippen molar-refractivity contribution < 1.29 is 8.95 Å². The highest BCUT2D eigenvalue weighted by Gasteiger charge is 2.41. The summed E-state index contributed by atoms with van der Waals surface area (Å²) in [4.78, 5) is 6.96. The van der Waals surface area contributed by atoms with Gasteiger partial charge in [-0.25, -0.2) is 0 Å². The van der Waals surface area contributed by atoms with E-state index in [1.54, 1.807) is 7.11 Å². The monoisotopic (exact) mass is 344 g/mol. The van der Waals surface area contributed by atoms with E-state index in [1.165, 1.54) is 0 Å². The molecule has 6 nitrogen and oxygen atoms in total. The Balaban J connectivity index is 1.84. The summed E-state index contributed by atoms with van der Waals surface area (Å²) < 4.78 is 18.0. The summed E-state index contributed by atoms with van der Waals surface area (Å²) >= 11 is 0. The smallest absolute Gasteiger partial charge is 0.177 e. The molecule has 3 heterocycles. The standard InChI is InChI=1S/C17H20N4O2S/c1-3-20-11-21-16(19-20)15(13-6-4-5-7-14(13)23-2)18-10-12-8-9-24(22)17(12)21/h4-8,17H,3,9-11H2,1-2H3. The molecule has 0 fully saturated rings. The molecule has 0 amide bonds. The van der Waals surface area contributed by atoms with Crippen LogP contribution in [0.5, 0.6) is 5.75 Å². The van der Waals surface area contributed by atoms with Gasteiger partial charge in [0, 0.05) is 17.9 Å². The second-order valence-corrected chi connectivity index (χ2v) is 7.44. The van der Waals surface area contributed by atoms with Crippen molar-refractivity contribution in [3.8, 4) is 5.75 Å². The third kappa shape index (κ3) is 2.34. The summed E-state index contributed by atoms with van der Waals surface area (Å²) in [6.07, 6.45) is 2.07. The van der Waals surface area contributed by atoms with Gasteiger partial charge < -0.3 is 9.64 Å². The van der Waals surface area contributed by atoms with Gasteiger partial charge in [0.15, 0.2) is 5.84 Å². The van der Waals surface area contributed by atoms with E-state index in [4.69, 9.17) is 14.8 Å². The lowest BCUT2D eigenvalue weighted by Gasteiger charge is -2.27. The number of fused-ring (bicyclic) bond motifs is 3. The van der Waals surface area contributed by atoms with Crippen molar-refractivity contribution in [3.63, 3.8) is 0 Å². The van der Waals surface area contributed by atoms with Crippen LogP contribution in [0.15, 0.2) is 46.0 Å². The molecule has 0 aromatic heterocycles. The van der Waals surface area contributed by atoms with E-state index >= 15 is 0 Å². The highest BCUT2D eigenvalue weighted by atomic mass is 32.2. The molecule has 0 N–H and O–H groups in total. The van der Waals surface area contributed by atoms with Gasteiger partial charge in [0.25, 0.3) is 0 Å². The number of hydrazone groups is 1. The normalized spacial score (nSPS) is 25.5. The van der Waals surface area contributed by atoms with Gasteiger partial charge >= 0.3 is 0 Å². The van der Waals surface area contributed by atoms with Crippen LogP contribution in [0, 0.1) is 0 Å². The first-order valence-electron chi connectivity index (χ1n) is 8.07.